The zero-order chi connectivity index (χ0) is 18.5. The molecule has 1 N–H and O–H groups in total. The SMILES string of the molecule is COc1ccc(C)cc1C(C)NC(=O)CCc1nc(-c2ccco2)no1. The summed E-state index contributed by atoms with van der Waals surface area (Å²) in [4.78, 5) is 16.5. The van der Waals surface area contributed by atoms with E-state index in [0.717, 1.165) is 16.9 Å². The highest BCUT2D eigenvalue weighted by molar-refractivity contribution is 5.76. The van der Waals surface area contributed by atoms with Gasteiger partial charge in [-0.2, -0.15) is 4.98 Å². The Kier molecular flexibility index (Phi) is 5.36. The third kappa shape index (κ3) is 4.11. The second-order valence-electron chi connectivity index (χ2n) is 6.02. The lowest BCUT2D eigenvalue weighted by molar-refractivity contribution is -0.121. The number of hydrogen-bond donors (Lipinski definition) is 1. The van der Waals surface area contributed by atoms with Crippen LogP contribution in [0.2, 0.25) is 0 Å². The average Bonchev–Trinajstić information content (AvgIpc) is 3.31. The van der Waals surface area contributed by atoms with Crippen molar-refractivity contribution in [1.82, 2.24) is 15.5 Å². The van der Waals surface area contributed by atoms with Crippen LogP contribution in [0.4, 0.5) is 0 Å². The van der Waals surface area contributed by atoms with Gasteiger partial charge < -0.3 is 19.0 Å². The van der Waals surface area contributed by atoms with E-state index in [1.807, 2.05) is 32.0 Å². The van der Waals surface area contributed by atoms with Crippen LogP contribution in [-0.4, -0.2) is 23.2 Å². The molecule has 2 aromatic heterocycles. The van der Waals surface area contributed by atoms with Gasteiger partial charge in [0.25, 0.3) is 0 Å². The molecule has 0 saturated heterocycles. The monoisotopic (exact) mass is 355 g/mol. The Labute approximate surface area is 151 Å². The Bertz CT molecular complexity index is 871. The van der Waals surface area contributed by atoms with Crippen molar-refractivity contribution in [3.63, 3.8) is 0 Å². The number of furan rings is 1. The van der Waals surface area contributed by atoms with Gasteiger partial charge in [0.1, 0.15) is 5.75 Å². The summed E-state index contributed by atoms with van der Waals surface area (Å²) in [7, 11) is 1.62. The fraction of sp³-hybridized carbons (Fsp3) is 0.316. The van der Waals surface area contributed by atoms with E-state index in [2.05, 4.69) is 15.5 Å². The standard InChI is InChI=1S/C19H21N3O4/c1-12-6-7-15(24-3)14(11-12)13(2)20-17(23)8-9-18-21-19(22-26-18)16-5-4-10-25-16/h4-7,10-11,13H,8-9H2,1-3H3,(H,20,23). The van der Waals surface area contributed by atoms with Crippen molar-refractivity contribution in [1.29, 1.82) is 0 Å². The number of amides is 1. The first-order valence-electron chi connectivity index (χ1n) is 8.37. The Balaban J connectivity index is 1.57. The maximum Gasteiger partial charge on any atom is 0.238 e. The van der Waals surface area contributed by atoms with Gasteiger partial charge in [-0.15, -0.1) is 0 Å². The first kappa shape index (κ1) is 17.7. The molecular weight excluding hydrogens is 334 g/mol. The number of ether oxygens (including phenoxy) is 1. The summed E-state index contributed by atoms with van der Waals surface area (Å²) in [6.07, 6.45) is 2.15. The lowest BCUT2D eigenvalue weighted by Crippen LogP contribution is -2.27. The number of aromatic nitrogens is 2. The van der Waals surface area contributed by atoms with Gasteiger partial charge in [0, 0.05) is 18.4 Å². The molecule has 2 heterocycles. The molecule has 0 spiro atoms. The number of nitrogens with zero attached hydrogens (tertiary/aromatic N) is 2. The molecule has 1 unspecified atom stereocenters. The van der Waals surface area contributed by atoms with E-state index in [1.165, 1.54) is 0 Å². The van der Waals surface area contributed by atoms with Crippen molar-refractivity contribution in [3.05, 3.63) is 53.6 Å². The molecule has 136 valence electrons. The van der Waals surface area contributed by atoms with Crippen LogP contribution in [0, 0.1) is 6.92 Å². The maximum atomic E-state index is 12.3. The molecule has 0 radical (unpaired) electrons. The van der Waals surface area contributed by atoms with E-state index in [-0.39, 0.29) is 18.4 Å². The van der Waals surface area contributed by atoms with Crippen molar-refractivity contribution in [2.45, 2.75) is 32.7 Å². The average molecular weight is 355 g/mol. The Morgan fingerprint density at radius 2 is 2.19 bits per heavy atom. The number of hydrogen-bond acceptors (Lipinski definition) is 6. The number of nitrogens with one attached hydrogen (secondary N) is 1. The summed E-state index contributed by atoms with van der Waals surface area (Å²) in [6, 6.07) is 9.22. The predicted molar refractivity (Wildman–Crippen MR) is 94.6 cm³/mol. The van der Waals surface area contributed by atoms with Crippen molar-refractivity contribution in [2.24, 2.45) is 0 Å². The highest BCUT2D eigenvalue weighted by Crippen LogP contribution is 2.26. The van der Waals surface area contributed by atoms with E-state index >= 15 is 0 Å². The minimum atomic E-state index is -0.168. The fourth-order valence-electron chi connectivity index (χ4n) is 2.67. The van der Waals surface area contributed by atoms with E-state index in [1.54, 1.807) is 25.5 Å². The molecule has 1 amide bonds. The number of carbonyl (C=O) groups is 1. The second-order valence-corrected chi connectivity index (χ2v) is 6.02. The fourth-order valence-corrected chi connectivity index (χ4v) is 2.67. The molecule has 7 nitrogen and oxygen atoms in total. The third-order valence-corrected chi connectivity index (χ3v) is 4.00. The molecule has 1 aromatic carbocycles. The minimum Gasteiger partial charge on any atom is -0.496 e. The van der Waals surface area contributed by atoms with Crippen molar-refractivity contribution in [3.8, 4) is 17.3 Å². The maximum absolute atomic E-state index is 12.3. The topological polar surface area (TPSA) is 90.4 Å². The molecule has 7 heteroatoms. The van der Waals surface area contributed by atoms with Gasteiger partial charge in [-0.1, -0.05) is 22.9 Å². The summed E-state index contributed by atoms with van der Waals surface area (Å²) in [5.41, 5.74) is 2.05. The van der Waals surface area contributed by atoms with Gasteiger partial charge in [0.05, 0.1) is 19.4 Å². The highest BCUT2D eigenvalue weighted by Gasteiger charge is 2.16. The van der Waals surface area contributed by atoms with Gasteiger partial charge in [-0.3, -0.25) is 4.79 Å². The summed E-state index contributed by atoms with van der Waals surface area (Å²) < 4.78 is 15.8. The lowest BCUT2D eigenvalue weighted by atomic mass is 10.0. The van der Waals surface area contributed by atoms with E-state index in [0.29, 0.717) is 23.9 Å². The molecule has 3 aromatic rings. The van der Waals surface area contributed by atoms with Crippen LogP contribution in [0.15, 0.2) is 45.5 Å². The Morgan fingerprint density at radius 1 is 1.35 bits per heavy atom. The molecule has 26 heavy (non-hydrogen) atoms. The number of benzene rings is 1. The van der Waals surface area contributed by atoms with Gasteiger partial charge in [-0.25, -0.2) is 0 Å². The second kappa shape index (κ2) is 7.86. The number of methoxy groups -OCH3 is 1. The molecular formula is C19H21N3O4. The van der Waals surface area contributed by atoms with Gasteiger partial charge in [0.2, 0.25) is 17.6 Å². The van der Waals surface area contributed by atoms with Crippen LogP contribution < -0.4 is 10.1 Å². The molecule has 0 aliphatic carbocycles. The number of carbonyl (C=O) groups excluding carboxylic acids is 1. The first-order valence-corrected chi connectivity index (χ1v) is 8.37. The highest BCUT2D eigenvalue weighted by atomic mass is 16.5. The molecule has 3 rings (SSSR count). The Hall–Kier alpha value is -3.09. The largest absolute Gasteiger partial charge is 0.496 e. The van der Waals surface area contributed by atoms with Crippen LogP contribution in [0.3, 0.4) is 0 Å². The molecule has 0 aliphatic rings. The van der Waals surface area contributed by atoms with Gasteiger partial charge in [-0.05, 0) is 32.0 Å². The first-order chi connectivity index (χ1) is 12.6. The summed E-state index contributed by atoms with van der Waals surface area (Å²) in [5.74, 6) is 1.96. The molecule has 0 aliphatic heterocycles. The summed E-state index contributed by atoms with van der Waals surface area (Å²) >= 11 is 0. The minimum absolute atomic E-state index is 0.0983. The molecule has 0 saturated carbocycles. The van der Waals surface area contributed by atoms with Crippen molar-refractivity contribution >= 4 is 5.91 Å². The zero-order valence-corrected chi connectivity index (χ0v) is 15.0. The normalized spacial score (nSPS) is 12.0. The van der Waals surface area contributed by atoms with Crippen LogP contribution >= 0.6 is 0 Å². The van der Waals surface area contributed by atoms with Crippen LogP contribution in [0.25, 0.3) is 11.6 Å². The molecule has 1 atom stereocenters. The quantitative estimate of drug-likeness (QED) is 0.698. The van der Waals surface area contributed by atoms with Gasteiger partial charge in [0.15, 0.2) is 5.76 Å². The van der Waals surface area contributed by atoms with E-state index in [9.17, 15) is 4.79 Å². The number of rotatable bonds is 7. The summed E-state index contributed by atoms with van der Waals surface area (Å²) in [5, 5.41) is 6.82. The van der Waals surface area contributed by atoms with Crippen LogP contribution in [0.5, 0.6) is 5.75 Å². The van der Waals surface area contributed by atoms with Crippen LogP contribution in [0.1, 0.15) is 36.4 Å². The summed E-state index contributed by atoms with van der Waals surface area (Å²) in [6.45, 7) is 3.93. The smallest absolute Gasteiger partial charge is 0.238 e. The Morgan fingerprint density at radius 3 is 2.92 bits per heavy atom. The van der Waals surface area contributed by atoms with E-state index < -0.39 is 0 Å². The van der Waals surface area contributed by atoms with Gasteiger partial charge >= 0.3 is 0 Å². The van der Waals surface area contributed by atoms with Crippen LogP contribution in [-0.2, 0) is 11.2 Å². The van der Waals surface area contributed by atoms with Crippen molar-refractivity contribution in [2.75, 3.05) is 7.11 Å². The molecule has 0 bridgehead atoms. The van der Waals surface area contributed by atoms with E-state index in [4.69, 9.17) is 13.7 Å². The third-order valence-electron chi connectivity index (χ3n) is 4.00. The lowest BCUT2D eigenvalue weighted by Gasteiger charge is -2.17. The number of aryl methyl sites for hydroxylation is 2. The zero-order valence-electron chi connectivity index (χ0n) is 15.0. The van der Waals surface area contributed by atoms with Crippen molar-refractivity contribution < 1.29 is 18.5 Å². The molecule has 0 fully saturated rings. The predicted octanol–water partition coefficient (Wildman–Crippen LogP) is 3.46.